The molecule has 0 spiro atoms. The van der Waals surface area contributed by atoms with Gasteiger partial charge in [0.2, 0.25) is 0 Å². The average molecular weight is 254 g/mol. The van der Waals surface area contributed by atoms with Crippen molar-refractivity contribution in [2.75, 3.05) is 7.05 Å². The van der Waals surface area contributed by atoms with E-state index < -0.39 is 0 Å². The monoisotopic (exact) mass is 254 g/mol. The first kappa shape index (κ1) is 12.0. The van der Waals surface area contributed by atoms with E-state index in [-0.39, 0.29) is 0 Å². The van der Waals surface area contributed by atoms with Gasteiger partial charge in [0, 0.05) is 43.1 Å². The van der Waals surface area contributed by atoms with Crippen molar-refractivity contribution >= 4 is 10.9 Å². The van der Waals surface area contributed by atoms with Crippen LogP contribution < -0.4 is 5.32 Å². The standard InChI is InChI=1S/C15H18N4/c1-16-9-12-10-19(11-15-17-7-8-18(15)2)14-6-4-3-5-13(12)14/h3-8,10,16H,9,11H2,1-2H3. The van der Waals surface area contributed by atoms with E-state index in [1.807, 2.05) is 26.5 Å². The van der Waals surface area contributed by atoms with E-state index in [0.717, 1.165) is 18.9 Å². The molecular weight excluding hydrogens is 236 g/mol. The molecule has 0 aliphatic carbocycles. The summed E-state index contributed by atoms with van der Waals surface area (Å²) in [7, 11) is 4.01. The molecule has 0 atom stereocenters. The van der Waals surface area contributed by atoms with Crippen LogP contribution in [0.3, 0.4) is 0 Å². The molecule has 0 aliphatic heterocycles. The second-order valence-corrected chi connectivity index (χ2v) is 4.78. The van der Waals surface area contributed by atoms with E-state index in [0.29, 0.717) is 0 Å². The molecule has 1 N–H and O–H groups in total. The summed E-state index contributed by atoms with van der Waals surface area (Å²) >= 11 is 0. The van der Waals surface area contributed by atoms with Crippen LogP contribution >= 0.6 is 0 Å². The fourth-order valence-electron chi connectivity index (χ4n) is 2.49. The lowest BCUT2D eigenvalue weighted by molar-refractivity contribution is 0.713. The number of aryl methyl sites for hydroxylation is 1. The molecule has 3 rings (SSSR count). The highest BCUT2D eigenvalue weighted by atomic mass is 15.1. The maximum absolute atomic E-state index is 4.40. The third kappa shape index (κ3) is 2.15. The first-order valence-electron chi connectivity index (χ1n) is 6.47. The minimum Gasteiger partial charge on any atom is -0.340 e. The maximum atomic E-state index is 4.40. The average Bonchev–Trinajstić information content (AvgIpc) is 2.97. The fourth-order valence-corrected chi connectivity index (χ4v) is 2.49. The fraction of sp³-hybridized carbons (Fsp3) is 0.267. The Morgan fingerprint density at radius 3 is 2.84 bits per heavy atom. The summed E-state index contributed by atoms with van der Waals surface area (Å²) < 4.78 is 4.33. The van der Waals surface area contributed by atoms with Crippen molar-refractivity contribution in [1.29, 1.82) is 0 Å². The van der Waals surface area contributed by atoms with Crippen molar-refractivity contribution in [1.82, 2.24) is 19.4 Å². The second-order valence-electron chi connectivity index (χ2n) is 4.78. The predicted molar refractivity (Wildman–Crippen MR) is 77.0 cm³/mol. The number of nitrogens with one attached hydrogen (secondary N) is 1. The molecule has 0 bridgehead atoms. The summed E-state index contributed by atoms with van der Waals surface area (Å²) in [6, 6.07) is 8.52. The lowest BCUT2D eigenvalue weighted by Gasteiger charge is -2.05. The third-order valence-electron chi connectivity index (χ3n) is 3.47. The van der Waals surface area contributed by atoms with E-state index in [4.69, 9.17) is 0 Å². The van der Waals surface area contributed by atoms with Gasteiger partial charge in [-0.25, -0.2) is 4.98 Å². The van der Waals surface area contributed by atoms with Crippen molar-refractivity contribution in [2.24, 2.45) is 7.05 Å². The Hall–Kier alpha value is -2.07. The van der Waals surface area contributed by atoms with Crippen LogP contribution in [0.1, 0.15) is 11.4 Å². The number of hydrogen-bond acceptors (Lipinski definition) is 2. The maximum Gasteiger partial charge on any atom is 0.128 e. The van der Waals surface area contributed by atoms with Crippen LogP contribution in [0.5, 0.6) is 0 Å². The molecule has 19 heavy (non-hydrogen) atoms. The Labute approximate surface area is 112 Å². The van der Waals surface area contributed by atoms with Gasteiger partial charge in [-0.15, -0.1) is 0 Å². The van der Waals surface area contributed by atoms with Gasteiger partial charge in [0.05, 0.1) is 6.54 Å². The molecule has 0 unspecified atom stereocenters. The first-order chi connectivity index (χ1) is 9.29. The van der Waals surface area contributed by atoms with Crippen LogP contribution in [-0.2, 0) is 20.1 Å². The Balaban J connectivity index is 2.06. The van der Waals surface area contributed by atoms with E-state index in [1.165, 1.54) is 16.5 Å². The van der Waals surface area contributed by atoms with Gasteiger partial charge in [-0.1, -0.05) is 18.2 Å². The Bertz CT molecular complexity index is 693. The lowest BCUT2D eigenvalue weighted by atomic mass is 10.2. The molecule has 4 nitrogen and oxygen atoms in total. The number of benzene rings is 1. The number of rotatable bonds is 4. The molecule has 1 aromatic carbocycles. The van der Waals surface area contributed by atoms with E-state index in [9.17, 15) is 0 Å². The van der Waals surface area contributed by atoms with Crippen LogP contribution in [0.15, 0.2) is 42.9 Å². The summed E-state index contributed by atoms with van der Waals surface area (Å²) in [6.45, 7) is 1.68. The minimum atomic E-state index is 0.799. The van der Waals surface area contributed by atoms with E-state index in [2.05, 4.69) is 49.9 Å². The van der Waals surface area contributed by atoms with Gasteiger partial charge in [0.1, 0.15) is 5.82 Å². The van der Waals surface area contributed by atoms with Crippen molar-refractivity contribution in [3.63, 3.8) is 0 Å². The van der Waals surface area contributed by atoms with Gasteiger partial charge in [-0.05, 0) is 18.7 Å². The van der Waals surface area contributed by atoms with Gasteiger partial charge >= 0.3 is 0 Å². The predicted octanol–water partition coefficient (Wildman–Crippen LogP) is 2.14. The number of nitrogens with zero attached hydrogens (tertiary/aromatic N) is 3. The van der Waals surface area contributed by atoms with Crippen LogP contribution in [0.25, 0.3) is 10.9 Å². The van der Waals surface area contributed by atoms with Crippen molar-refractivity contribution in [3.05, 3.63) is 54.2 Å². The summed E-state index contributed by atoms with van der Waals surface area (Å²) in [6.07, 6.45) is 6.04. The second kappa shape index (κ2) is 4.90. The summed E-state index contributed by atoms with van der Waals surface area (Å²) in [5.41, 5.74) is 2.59. The van der Waals surface area contributed by atoms with Crippen LogP contribution in [0.4, 0.5) is 0 Å². The van der Waals surface area contributed by atoms with Crippen LogP contribution in [-0.4, -0.2) is 21.2 Å². The third-order valence-corrected chi connectivity index (χ3v) is 3.47. The van der Waals surface area contributed by atoms with Crippen molar-refractivity contribution in [2.45, 2.75) is 13.1 Å². The molecular formula is C15H18N4. The first-order valence-corrected chi connectivity index (χ1v) is 6.47. The highest BCUT2D eigenvalue weighted by Crippen LogP contribution is 2.22. The highest BCUT2D eigenvalue weighted by molar-refractivity contribution is 5.84. The number of fused-ring (bicyclic) bond motifs is 1. The van der Waals surface area contributed by atoms with Gasteiger partial charge in [-0.3, -0.25) is 0 Å². The molecule has 0 amide bonds. The topological polar surface area (TPSA) is 34.8 Å². The summed E-state index contributed by atoms with van der Waals surface area (Å²) in [4.78, 5) is 4.40. The Morgan fingerprint density at radius 2 is 2.11 bits per heavy atom. The smallest absolute Gasteiger partial charge is 0.128 e. The van der Waals surface area contributed by atoms with Crippen molar-refractivity contribution in [3.8, 4) is 0 Å². The molecule has 2 aromatic heterocycles. The largest absolute Gasteiger partial charge is 0.340 e. The number of imidazole rings is 1. The Morgan fingerprint density at radius 1 is 1.26 bits per heavy atom. The lowest BCUT2D eigenvalue weighted by Crippen LogP contribution is -2.06. The van der Waals surface area contributed by atoms with Gasteiger partial charge in [0.25, 0.3) is 0 Å². The zero-order chi connectivity index (χ0) is 13.2. The van der Waals surface area contributed by atoms with Gasteiger partial charge in [0.15, 0.2) is 0 Å². The molecule has 0 radical (unpaired) electrons. The van der Waals surface area contributed by atoms with E-state index >= 15 is 0 Å². The number of hydrogen-bond donors (Lipinski definition) is 1. The molecule has 2 heterocycles. The molecule has 3 aromatic rings. The molecule has 0 saturated carbocycles. The number of aromatic nitrogens is 3. The minimum absolute atomic E-state index is 0.799. The zero-order valence-corrected chi connectivity index (χ0v) is 11.3. The van der Waals surface area contributed by atoms with Gasteiger partial charge in [-0.2, -0.15) is 0 Å². The Kier molecular flexibility index (Phi) is 3.09. The van der Waals surface area contributed by atoms with Crippen molar-refractivity contribution < 1.29 is 0 Å². The quantitative estimate of drug-likeness (QED) is 0.774. The molecule has 4 heteroatoms. The number of para-hydroxylation sites is 1. The van der Waals surface area contributed by atoms with E-state index in [1.54, 1.807) is 0 Å². The van der Waals surface area contributed by atoms with Crippen LogP contribution in [0.2, 0.25) is 0 Å². The normalized spacial score (nSPS) is 11.3. The van der Waals surface area contributed by atoms with Gasteiger partial charge < -0.3 is 14.5 Å². The highest BCUT2D eigenvalue weighted by Gasteiger charge is 2.09. The zero-order valence-electron chi connectivity index (χ0n) is 11.3. The SMILES string of the molecule is CNCc1cn(Cc2nccn2C)c2ccccc12. The molecule has 0 aliphatic rings. The molecule has 0 saturated heterocycles. The summed E-state index contributed by atoms with van der Waals surface area (Å²) in [5, 5.41) is 4.54. The summed E-state index contributed by atoms with van der Waals surface area (Å²) in [5.74, 6) is 1.07. The molecule has 0 fully saturated rings. The van der Waals surface area contributed by atoms with Crippen LogP contribution in [0, 0.1) is 0 Å². The molecule has 98 valence electrons.